The zero-order valence-electron chi connectivity index (χ0n) is 10.9. The van der Waals surface area contributed by atoms with Gasteiger partial charge in [-0.1, -0.05) is 11.6 Å². The van der Waals surface area contributed by atoms with Gasteiger partial charge in [0.25, 0.3) is 5.91 Å². The first-order valence-electron chi connectivity index (χ1n) is 6.09. The third-order valence-corrected chi connectivity index (χ3v) is 4.12. The van der Waals surface area contributed by atoms with E-state index < -0.39 is 0 Å². The highest BCUT2D eigenvalue weighted by Crippen LogP contribution is 2.25. The molecule has 0 unspecified atom stereocenters. The molecule has 3 rings (SSSR count). The van der Waals surface area contributed by atoms with Crippen LogP contribution in [0.5, 0.6) is 0 Å². The van der Waals surface area contributed by atoms with Crippen molar-refractivity contribution in [3.05, 3.63) is 51.1 Å². The molecule has 1 amide bonds. The zero-order valence-corrected chi connectivity index (χ0v) is 12.5. The van der Waals surface area contributed by atoms with E-state index in [9.17, 15) is 9.59 Å². The van der Waals surface area contributed by atoms with E-state index in [2.05, 4.69) is 15.3 Å². The van der Waals surface area contributed by atoms with Crippen LogP contribution in [0.4, 0.5) is 0 Å². The van der Waals surface area contributed by atoms with Crippen molar-refractivity contribution in [2.75, 3.05) is 7.05 Å². The third kappa shape index (κ3) is 2.43. The van der Waals surface area contributed by atoms with E-state index in [1.54, 1.807) is 23.7 Å². The fourth-order valence-corrected chi connectivity index (χ4v) is 2.93. The summed E-state index contributed by atoms with van der Waals surface area (Å²) in [5.41, 5.74) is 1.56. The van der Waals surface area contributed by atoms with Crippen molar-refractivity contribution in [1.82, 2.24) is 15.3 Å². The van der Waals surface area contributed by atoms with Crippen LogP contribution in [0.1, 0.15) is 25.9 Å². The number of carbonyl (C=O) groups excluding carboxylic acids is 2. The van der Waals surface area contributed by atoms with Crippen LogP contribution < -0.4 is 5.32 Å². The minimum Gasteiger partial charge on any atom is -0.360 e. The number of ketones is 1. The van der Waals surface area contributed by atoms with Crippen molar-refractivity contribution in [3.8, 4) is 0 Å². The van der Waals surface area contributed by atoms with Crippen LogP contribution in [0, 0.1) is 0 Å². The fourth-order valence-electron chi connectivity index (χ4n) is 2.01. The molecule has 2 N–H and O–H groups in total. The molecule has 0 bridgehead atoms. The van der Waals surface area contributed by atoms with Crippen LogP contribution in [0.2, 0.25) is 5.02 Å². The number of halogens is 1. The molecule has 0 saturated heterocycles. The molecule has 0 radical (unpaired) electrons. The molecule has 0 spiro atoms. The van der Waals surface area contributed by atoms with Crippen LogP contribution in [0.15, 0.2) is 29.8 Å². The Balaban J connectivity index is 2.02. The number of amides is 1. The van der Waals surface area contributed by atoms with Crippen molar-refractivity contribution in [2.45, 2.75) is 0 Å². The molecule has 0 atom stereocenters. The number of nitrogens with one attached hydrogen (secondary N) is 2. The summed E-state index contributed by atoms with van der Waals surface area (Å²) < 4.78 is 0. The molecule has 1 aromatic carbocycles. The largest absolute Gasteiger partial charge is 0.360 e. The van der Waals surface area contributed by atoms with Crippen LogP contribution in [0.3, 0.4) is 0 Å². The van der Waals surface area contributed by atoms with Crippen LogP contribution in [0.25, 0.3) is 10.9 Å². The molecule has 0 aliphatic heterocycles. The number of nitrogens with zero attached hydrogens (tertiary/aromatic N) is 1. The number of H-pyrrole nitrogens is 1. The Hall–Kier alpha value is -2.18. The second-order valence-electron chi connectivity index (χ2n) is 4.34. The first-order valence-corrected chi connectivity index (χ1v) is 7.35. The highest BCUT2D eigenvalue weighted by atomic mass is 35.5. The Labute approximate surface area is 129 Å². The Kier molecular flexibility index (Phi) is 3.48. The molecule has 0 saturated carbocycles. The van der Waals surface area contributed by atoms with Crippen molar-refractivity contribution < 1.29 is 9.59 Å². The quantitative estimate of drug-likeness (QED) is 0.729. The number of carbonyl (C=O) groups is 2. The number of thiazole rings is 1. The van der Waals surface area contributed by atoms with Crippen LogP contribution in [-0.2, 0) is 0 Å². The molecule has 0 aliphatic carbocycles. The van der Waals surface area contributed by atoms with Gasteiger partial charge >= 0.3 is 0 Å². The Morgan fingerprint density at radius 1 is 1.38 bits per heavy atom. The average molecular weight is 320 g/mol. The summed E-state index contributed by atoms with van der Waals surface area (Å²) in [6, 6.07) is 5.29. The second kappa shape index (κ2) is 5.31. The van der Waals surface area contributed by atoms with Crippen molar-refractivity contribution in [1.29, 1.82) is 0 Å². The summed E-state index contributed by atoms with van der Waals surface area (Å²) in [7, 11) is 1.52. The molecule has 5 nitrogen and oxygen atoms in total. The van der Waals surface area contributed by atoms with E-state index in [0.29, 0.717) is 10.6 Å². The summed E-state index contributed by atoms with van der Waals surface area (Å²) in [5, 5.41) is 5.61. The maximum atomic E-state index is 12.5. The standard InChI is InChI=1S/C14H10ClN3O2S/c1-16-13(20)11-6-21-14(18-11)12(19)9-5-17-10-3-2-7(15)4-8(9)10/h2-6,17H,1H3,(H,16,20). The van der Waals surface area contributed by atoms with Gasteiger partial charge in [0.2, 0.25) is 5.78 Å². The maximum absolute atomic E-state index is 12.5. The Bertz CT molecular complexity index is 853. The van der Waals surface area contributed by atoms with Gasteiger partial charge in [-0.15, -0.1) is 11.3 Å². The fraction of sp³-hybridized carbons (Fsp3) is 0.0714. The number of aromatic nitrogens is 2. The number of fused-ring (bicyclic) bond motifs is 1. The number of aromatic amines is 1. The van der Waals surface area contributed by atoms with Crippen molar-refractivity contribution in [3.63, 3.8) is 0 Å². The molecular weight excluding hydrogens is 310 g/mol. The Morgan fingerprint density at radius 3 is 2.95 bits per heavy atom. The summed E-state index contributed by atoms with van der Waals surface area (Å²) in [6.45, 7) is 0. The van der Waals surface area contributed by atoms with Gasteiger partial charge in [0.05, 0.1) is 5.56 Å². The SMILES string of the molecule is CNC(=O)c1csc(C(=O)c2c[nH]c3ccc(Cl)cc23)n1. The smallest absolute Gasteiger partial charge is 0.270 e. The monoisotopic (exact) mass is 319 g/mol. The number of hydrogen-bond donors (Lipinski definition) is 2. The highest BCUT2D eigenvalue weighted by molar-refractivity contribution is 7.12. The van der Waals surface area contributed by atoms with E-state index in [1.807, 2.05) is 6.07 Å². The summed E-state index contributed by atoms with van der Waals surface area (Å²) in [4.78, 5) is 31.1. The molecular formula is C14H10ClN3O2S. The van der Waals surface area contributed by atoms with Crippen molar-refractivity contribution in [2.24, 2.45) is 0 Å². The number of hydrogen-bond acceptors (Lipinski definition) is 4. The minimum absolute atomic E-state index is 0.233. The lowest BCUT2D eigenvalue weighted by Gasteiger charge is -1.96. The van der Waals surface area contributed by atoms with Gasteiger partial charge < -0.3 is 10.3 Å². The molecule has 0 aliphatic rings. The predicted molar refractivity (Wildman–Crippen MR) is 82.2 cm³/mol. The highest BCUT2D eigenvalue weighted by Gasteiger charge is 2.19. The normalized spacial score (nSPS) is 10.8. The van der Waals surface area contributed by atoms with Gasteiger partial charge in [0.15, 0.2) is 5.01 Å². The maximum Gasteiger partial charge on any atom is 0.270 e. The van der Waals surface area contributed by atoms with Gasteiger partial charge in [0, 0.05) is 34.6 Å². The molecule has 3 aromatic rings. The number of rotatable bonds is 3. The van der Waals surface area contributed by atoms with Crippen LogP contribution in [-0.4, -0.2) is 28.7 Å². The lowest BCUT2D eigenvalue weighted by molar-refractivity contribution is 0.0959. The van der Waals surface area contributed by atoms with E-state index >= 15 is 0 Å². The second-order valence-corrected chi connectivity index (χ2v) is 5.63. The zero-order chi connectivity index (χ0) is 15.0. The molecule has 2 heterocycles. The van der Waals surface area contributed by atoms with Gasteiger partial charge in [-0.25, -0.2) is 4.98 Å². The number of benzene rings is 1. The van der Waals surface area contributed by atoms with Gasteiger partial charge in [0.1, 0.15) is 5.69 Å². The first-order chi connectivity index (χ1) is 10.1. The topological polar surface area (TPSA) is 74.8 Å². The lowest BCUT2D eigenvalue weighted by Crippen LogP contribution is -2.18. The van der Waals surface area contributed by atoms with Gasteiger partial charge in [-0.3, -0.25) is 9.59 Å². The van der Waals surface area contributed by atoms with E-state index in [0.717, 1.165) is 22.2 Å². The average Bonchev–Trinajstić information content (AvgIpc) is 3.12. The molecule has 21 heavy (non-hydrogen) atoms. The summed E-state index contributed by atoms with van der Waals surface area (Å²) in [6.07, 6.45) is 1.63. The summed E-state index contributed by atoms with van der Waals surface area (Å²) in [5.74, 6) is -0.545. The first kappa shape index (κ1) is 13.8. The van der Waals surface area contributed by atoms with E-state index in [1.165, 1.54) is 7.05 Å². The molecule has 7 heteroatoms. The van der Waals surface area contributed by atoms with E-state index in [4.69, 9.17) is 11.6 Å². The lowest BCUT2D eigenvalue weighted by atomic mass is 10.1. The van der Waals surface area contributed by atoms with Crippen LogP contribution >= 0.6 is 22.9 Å². The molecule has 2 aromatic heterocycles. The van der Waals surface area contributed by atoms with Gasteiger partial charge in [-0.2, -0.15) is 0 Å². The molecule has 106 valence electrons. The predicted octanol–water partition coefficient (Wildman–Crippen LogP) is 2.87. The third-order valence-electron chi connectivity index (χ3n) is 3.05. The Morgan fingerprint density at radius 2 is 2.19 bits per heavy atom. The van der Waals surface area contributed by atoms with Gasteiger partial charge in [-0.05, 0) is 18.2 Å². The van der Waals surface area contributed by atoms with E-state index in [-0.39, 0.29) is 22.4 Å². The summed E-state index contributed by atoms with van der Waals surface area (Å²) >= 11 is 7.12. The minimum atomic E-state index is -0.313. The molecule has 0 fully saturated rings. The van der Waals surface area contributed by atoms with Crippen molar-refractivity contribution >= 4 is 45.5 Å².